The van der Waals surface area contributed by atoms with Crippen molar-refractivity contribution in [2.45, 2.75) is 31.7 Å². The molecule has 1 heterocycles. The highest BCUT2D eigenvalue weighted by Gasteiger charge is 2.19. The van der Waals surface area contributed by atoms with Crippen LogP contribution in [0.1, 0.15) is 25.8 Å². The molecule has 0 aliphatic carbocycles. The molecule has 2 aromatic rings. The summed E-state index contributed by atoms with van der Waals surface area (Å²) >= 11 is 7.36. The maximum absolute atomic E-state index is 10.9. The maximum Gasteiger partial charge on any atom is 0.227 e. The number of nitrogens with zero attached hydrogens (tertiary/aromatic N) is 3. The average Bonchev–Trinajstić information content (AvgIpc) is 2.90. The molecule has 118 valence electrons. The minimum Gasteiger partial charge on any atom is -0.481 e. The van der Waals surface area contributed by atoms with Crippen molar-refractivity contribution in [3.63, 3.8) is 0 Å². The molecule has 0 saturated heterocycles. The predicted octanol–water partition coefficient (Wildman–Crippen LogP) is 2.67. The third-order valence-electron chi connectivity index (χ3n) is 2.91. The summed E-state index contributed by atoms with van der Waals surface area (Å²) in [7, 11) is 0. The first kappa shape index (κ1) is 16.6. The molecule has 0 fully saturated rings. The monoisotopic (exact) mass is 340 g/mol. The van der Waals surface area contributed by atoms with Gasteiger partial charge in [-0.2, -0.15) is 0 Å². The van der Waals surface area contributed by atoms with E-state index >= 15 is 0 Å². The van der Waals surface area contributed by atoms with Gasteiger partial charge in [0.15, 0.2) is 17.1 Å². The molecule has 0 bridgehead atoms. The van der Waals surface area contributed by atoms with E-state index in [0.717, 1.165) is 0 Å². The number of primary amides is 1. The van der Waals surface area contributed by atoms with Crippen molar-refractivity contribution < 1.29 is 9.53 Å². The first-order valence-electron chi connectivity index (χ1n) is 6.78. The summed E-state index contributed by atoms with van der Waals surface area (Å²) in [6.07, 6.45) is -0.324. The van der Waals surface area contributed by atoms with Crippen LogP contribution in [0.2, 0.25) is 5.02 Å². The average molecular weight is 341 g/mol. The van der Waals surface area contributed by atoms with Crippen LogP contribution < -0.4 is 10.5 Å². The van der Waals surface area contributed by atoms with Crippen molar-refractivity contribution in [2.24, 2.45) is 5.73 Å². The van der Waals surface area contributed by atoms with Gasteiger partial charge in [-0.15, -0.1) is 10.2 Å². The molecule has 1 atom stereocenters. The second-order valence-electron chi connectivity index (χ2n) is 4.53. The fourth-order valence-corrected chi connectivity index (χ4v) is 2.85. The molecule has 2 rings (SSSR count). The molecule has 2 N–H and O–H groups in total. The number of carbonyl (C=O) groups is 1. The van der Waals surface area contributed by atoms with Crippen LogP contribution in [0.15, 0.2) is 29.4 Å². The van der Waals surface area contributed by atoms with Gasteiger partial charge in [-0.1, -0.05) is 35.5 Å². The Bertz CT molecular complexity index is 662. The normalized spacial score (nSPS) is 12.1. The summed E-state index contributed by atoms with van der Waals surface area (Å²) in [5.74, 6) is 1.04. The maximum atomic E-state index is 10.9. The smallest absolute Gasteiger partial charge is 0.227 e. The number of hydrogen-bond acceptors (Lipinski definition) is 5. The van der Waals surface area contributed by atoms with Crippen LogP contribution in [0.25, 0.3) is 0 Å². The third-order valence-corrected chi connectivity index (χ3v) is 4.21. The molecule has 1 aromatic carbocycles. The molecule has 1 unspecified atom stereocenters. The molecule has 0 spiro atoms. The highest BCUT2D eigenvalue weighted by molar-refractivity contribution is 7.99. The number of thioether (sulfide) groups is 1. The first-order chi connectivity index (χ1) is 10.5. The lowest BCUT2D eigenvalue weighted by molar-refractivity contribution is -0.115. The largest absolute Gasteiger partial charge is 0.481 e. The highest BCUT2D eigenvalue weighted by Crippen LogP contribution is 2.29. The van der Waals surface area contributed by atoms with Gasteiger partial charge in [-0.25, -0.2) is 0 Å². The number of hydrogen-bond donors (Lipinski definition) is 1. The molecule has 0 aliphatic heterocycles. The number of rotatable bonds is 7. The van der Waals surface area contributed by atoms with Crippen molar-refractivity contribution in [3.8, 4) is 5.75 Å². The summed E-state index contributed by atoms with van der Waals surface area (Å²) in [6.45, 7) is 4.52. The number of para-hydroxylation sites is 1. The van der Waals surface area contributed by atoms with Crippen LogP contribution in [0.3, 0.4) is 0 Å². The minimum atomic E-state index is -0.391. The molecule has 1 aromatic heterocycles. The van der Waals surface area contributed by atoms with Crippen molar-refractivity contribution in [2.75, 3.05) is 5.75 Å². The second-order valence-corrected chi connectivity index (χ2v) is 5.88. The van der Waals surface area contributed by atoms with E-state index in [1.807, 2.05) is 30.5 Å². The SMILES string of the molecule is CCn1c(SCC(N)=O)nnc1C(C)Oc1ccccc1Cl. The third kappa shape index (κ3) is 3.92. The van der Waals surface area contributed by atoms with Crippen LogP contribution in [-0.4, -0.2) is 26.4 Å². The van der Waals surface area contributed by atoms with Crippen LogP contribution in [-0.2, 0) is 11.3 Å². The number of aromatic nitrogens is 3. The summed E-state index contributed by atoms with van der Waals surface area (Å²) in [4.78, 5) is 10.9. The Hall–Kier alpha value is -1.73. The zero-order valence-corrected chi connectivity index (χ0v) is 13.9. The molecule has 0 aliphatic rings. The molecule has 6 nitrogen and oxygen atoms in total. The van der Waals surface area contributed by atoms with Crippen LogP contribution >= 0.6 is 23.4 Å². The van der Waals surface area contributed by atoms with E-state index < -0.39 is 5.91 Å². The summed E-state index contributed by atoms with van der Waals surface area (Å²) in [5.41, 5.74) is 5.16. The van der Waals surface area contributed by atoms with E-state index in [-0.39, 0.29) is 11.9 Å². The molecule has 1 amide bonds. The lowest BCUT2D eigenvalue weighted by atomic mass is 10.3. The number of ether oxygens (including phenoxy) is 1. The number of halogens is 1. The van der Waals surface area contributed by atoms with E-state index in [0.29, 0.717) is 28.3 Å². The van der Waals surface area contributed by atoms with Gasteiger partial charge in [0.2, 0.25) is 5.91 Å². The van der Waals surface area contributed by atoms with Gasteiger partial charge < -0.3 is 15.0 Å². The zero-order valence-electron chi connectivity index (χ0n) is 12.3. The van der Waals surface area contributed by atoms with Crippen molar-refractivity contribution >= 4 is 29.3 Å². The Morgan fingerprint density at radius 1 is 1.45 bits per heavy atom. The van der Waals surface area contributed by atoms with Crippen LogP contribution in [0.5, 0.6) is 5.75 Å². The number of nitrogens with two attached hydrogens (primary N) is 1. The molecule has 22 heavy (non-hydrogen) atoms. The highest BCUT2D eigenvalue weighted by atomic mass is 35.5. The second kappa shape index (κ2) is 7.51. The van der Waals surface area contributed by atoms with Crippen molar-refractivity contribution in [3.05, 3.63) is 35.1 Å². The van der Waals surface area contributed by atoms with Crippen LogP contribution in [0.4, 0.5) is 0 Å². The van der Waals surface area contributed by atoms with Crippen molar-refractivity contribution in [1.82, 2.24) is 14.8 Å². The summed E-state index contributed by atoms with van der Waals surface area (Å²) < 4.78 is 7.75. The number of amides is 1. The Labute approximate surface area is 138 Å². The van der Waals surface area contributed by atoms with Gasteiger partial charge in [-0.3, -0.25) is 4.79 Å². The van der Waals surface area contributed by atoms with E-state index in [1.165, 1.54) is 11.8 Å². The molecule has 0 saturated carbocycles. The Kier molecular flexibility index (Phi) is 5.68. The lowest BCUT2D eigenvalue weighted by Gasteiger charge is -2.16. The van der Waals surface area contributed by atoms with Gasteiger partial charge in [-0.05, 0) is 26.0 Å². The summed E-state index contributed by atoms with van der Waals surface area (Å²) in [5, 5.41) is 9.45. The van der Waals surface area contributed by atoms with Crippen molar-refractivity contribution in [1.29, 1.82) is 0 Å². The van der Waals surface area contributed by atoms with E-state index in [9.17, 15) is 4.79 Å². The van der Waals surface area contributed by atoms with Crippen LogP contribution in [0, 0.1) is 0 Å². The predicted molar refractivity (Wildman–Crippen MR) is 86.1 cm³/mol. The van der Waals surface area contributed by atoms with Gasteiger partial charge in [0.1, 0.15) is 5.75 Å². The fraction of sp³-hybridized carbons (Fsp3) is 0.357. The number of benzene rings is 1. The van der Waals surface area contributed by atoms with E-state index in [2.05, 4.69) is 10.2 Å². The Balaban J connectivity index is 2.17. The molecule has 0 radical (unpaired) electrons. The molecular formula is C14H17ClN4O2S. The standard InChI is InChI=1S/C14H17ClN4O2S/c1-3-19-13(17-18-14(19)22-8-12(16)20)9(2)21-11-7-5-4-6-10(11)15/h4-7,9H,3,8H2,1-2H3,(H2,16,20). The molecular weight excluding hydrogens is 324 g/mol. The minimum absolute atomic E-state index is 0.165. The Morgan fingerprint density at radius 2 is 2.18 bits per heavy atom. The quantitative estimate of drug-likeness (QED) is 0.783. The topological polar surface area (TPSA) is 83.0 Å². The molecule has 8 heteroatoms. The fourth-order valence-electron chi connectivity index (χ4n) is 1.92. The van der Waals surface area contributed by atoms with Gasteiger partial charge in [0, 0.05) is 6.54 Å². The Morgan fingerprint density at radius 3 is 2.82 bits per heavy atom. The van der Waals surface area contributed by atoms with E-state index in [4.69, 9.17) is 22.1 Å². The zero-order chi connectivity index (χ0) is 16.1. The van der Waals surface area contributed by atoms with Gasteiger partial charge in [0.05, 0.1) is 10.8 Å². The number of carbonyl (C=O) groups excluding carboxylic acids is 1. The van der Waals surface area contributed by atoms with Gasteiger partial charge in [0.25, 0.3) is 0 Å². The lowest BCUT2D eigenvalue weighted by Crippen LogP contribution is -2.15. The summed E-state index contributed by atoms with van der Waals surface area (Å²) in [6, 6.07) is 7.26. The van der Waals surface area contributed by atoms with E-state index in [1.54, 1.807) is 12.1 Å². The van der Waals surface area contributed by atoms with Gasteiger partial charge >= 0.3 is 0 Å². The first-order valence-corrected chi connectivity index (χ1v) is 8.14.